The van der Waals surface area contributed by atoms with Crippen molar-refractivity contribution in [1.29, 1.82) is 0 Å². The monoisotopic (exact) mass is 459 g/mol. The fourth-order valence-electron chi connectivity index (χ4n) is 5.08. The smallest absolute Gasteiger partial charge is 0.318 e. The molecular weight excluding hydrogens is 440 g/mol. The molecule has 3 aromatic carbocycles. The van der Waals surface area contributed by atoms with Gasteiger partial charge in [0.25, 0.3) is 0 Å². The molecular formula is C26H19F2N3O3. The number of hydrogen-bond donors (Lipinski definition) is 1. The Morgan fingerprint density at radius 2 is 1.91 bits per heavy atom. The standard InChI is InChI=1S/C26H19F2N3O3/c1-3-17-21(27)7-4-13-8-16(32)10-20(22(13)17)18-5-6-19-24(23(18)28)29-26(33-2)30-25(19)31-14-9-15(31)12-34-11-14/h1,4-8,10,14-15,32H,9,11-12H2,2H3. The van der Waals surface area contributed by atoms with Crippen molar-refractivity contribution >= 4 is 27.5 Å². The molecule has 2 aliphatic heterocycles. The lowest BCUT2D eigenvalue weighted by molar-refractivity contribution is 0.00984. The minimum absolute atomic E-state index is 0.00126. The van der Waals surface area contributed by atoms with Gasteiger partial charge in [0.15, 0.2) is 5.82 Å². The van der Waals surface area contributed by atoms with Crippen molar-refractivity contribution in [2.45, 2.75) is 18.5 Å². The van der Waals surface area contributed by atoms with Crippen molar-refractivity contribution in [2.75, 3.05) is 25.2 Å². The van der Waals surface area contributed by atoms with E-state index in [9.17, 15) is 9.50 Å². The summed E-state index contributed by atoms with van der Waals surface area (Å²) in [6, 6.07) is 9.28. The molecule has 0 aliphatic carbocycles. The highest BCUT2D eigenvalue weighted by atomic mass is 19.1. The van der Waals surface area contributed by atoms with Crippen LogP contribution in [0.3, 0.4) is 0 Å². The summed E-state index contributed by atoms with van der Waals surface area (Å²) in [6.07, 6.45) is 6.58. The molecule has 8 heteroatoms. The summed E-state index contributed by atoms with van der Waals surface area (Å²) >= 11 is 0. The van der Waals surface area contributed by atoms with Crippen LogP contribution in [0.1, 0.15) is 12.0 Å². The van der Waals surface area contributed by atoms with E-state index in [0.29, 0.717) is 35.2 Å². The molecule has 2 bridgehead atoms. The fraction of sp³-hybridized carbons (Fsp3) is 0.231. The number of anilines is 1. The van der Waals surface area contributed by atoms with E-state index in [-0.39, 0.29) is 46.1 Å². The van der Waals surface area contributed by atoms with Crippen LogP contribution < -0.4 is 9.64 Å². The fourth-order valence-corrected chi connectivity index (χ4v) is 5.08. The Morgan fingerprint density at radius 3 is 2.62 bits per heavy atom. The van der Waals surface area contributed by atoms with E-state index in [1.165, 1.54) is 31.4 Å². The van der Waals surface area contributed by atoms with E-state index < -0.39 is 11.6 Å². The molecule has 3 heterocycles. The summed E-state index contributed by atoms with van der Waals surface area (Å²) in [5.74, 6) is 1.63. The van der Waals surface area contributed by atoms with Crippen molar-refractivity contribution in [3.63, 3.8) is 0 Å². The maximum Gasteiger partial charge on any atom is 0.318 e. The molecule has 2 fully saturated rings. The van der Waals surface area contributed by atoms with E-state index in [0.717, 1.165) is 6.42 Å². The van der Waals surface area contributed by atoms with Gasteiger partial charge in [-0.25, -0.2) is 8.78 Å². The predicted molar refractivity (Wildman–Crippen MR) is 124 cm³/mol. The van der Waals surface area contributed by atoms with Gasteiger partial charge in [0.2, 0.25) is 0 Å². The quantitative estimate of drug-likeness (QED) is 0.458. The number of morpholine rings is 1. The minimum Gasteiger partial charge on any atom is -0.508 e. The summed E-state index contributed by atoms with van der Waals surface area (Å²) in [7, 11) is 1.43. The van der Waals surface area contributed by atoms with E-state index in [2.05, 4.69) is 20.8 Å². The number of rotatable bonds is 3. The number of phenolic OH excluding ortho intramolecular Hbond substituents is 1. The third-order valence-electron chi connectivity index (χ3n) is 6.63. The number of methoxy groups -OCH3 is 1. The maximum absolute atomic E-state index is 16.1. The number of hydrogen-bond acceptors (Lipinski definition) is 6. The first-order valence-electron chi connectivity index (χ1n) is 10.8. The van der Waals surface area contributed by atoms with Crippen molar-refractivity contribution in [2.24, 2.45) is 0 Å². The van der Waals surface area contributed by atoms with Crippen molar-refractivity contribution < 1.29 is 23.4 Å². The van der Waals surface area contributed by atoms with Gasteiger partial charge in [0, 0.05) is 16.3 Å². The Labute approximate surface area is 193 Å². The SMILES string of the molecule is C#Cc1c(F)ccc2cc(O)cc(-c3ccc4c(N5C6COCC5C6)nc(OC)nc4c3F)c12. The third kappa shape index (κ3) is 2.90. The van der Waals surface area contributed by atoms with Crippen LogP contribution in [0.4, 0.5) is 14.6 Å². The van der Waals surface area contributed by atoms with Crippen LogP contribution in [0.2, 0.25) is 0 Å². The van der Waals surface area contributed by atoms with Crippen LogP contribution in [-0.4, -0.2) is 47.5 Å². The lowest BCUT2D eigenvalue weighted by Gasteiger charge is -2.53. The number of benzene rings is 3. The van der Waals surface area contributed by atoms with Gasteiger partial charge < -0.3 is 19.5 Å². The summed E-state index contributed by atoms with van der Waals surface area (Å²) in [4.78, 5) is 10.9. The van der Waals surface area contributed by atoms with Gasteiger partial charge >= 0.3 is 6.01 Å². The molecule has 0 radical (unpaired) electrons. The Kier molecular flexibility index (Phi) is 4.57. The van der Waals surface area contributed by atoms with Crippen molar-refractivity contribution in [3.8, 4) is 35.2 Å². The number of aromatic hydroxyl groups is 1. The normalized spacial score (nSPS) is 19.2. The first-order valence-corrected chi connectivity index (χ1v) is 10.8. The zero-order valence-electron chi connectivity index (χ0n) is 18.2. The molecule has 2 unspecified atom stereocenters. The van der Waals surface area contributed by atoms with Crippen LogP contribution in [0.25, 0.3) is 32.8 Å². The highest BCUT2D eigenvalue weighted by molar-refractivity contribution is 6.04. The second-order valence-corrected chi connectivity index (χ2v) is 8.50. The molecule has 2 atom stereocenters. The van der Waals surface area contributed by atoms with E-state index in [1.54, 1.807) is 12.1 Å². The van der Waals surface area contributed by atoms with Crippen LogP contribution in [0, 0.1) is 24.0 Å². The van der Waals surface area contributed by atoms with Gasteiger partial charge in [0.05, 0.1) is 38.0 Å². The van der Waals surface area contributed by atoms with Crippen LogP contribution in [0.5, 0.6) is 11.8 Å². The van der Waals surface area contributed by atoms with E-state index >= 15 is 4.39 Å². The first kappa shape index (κ1) is 20.6. The molecule has 0 amide bonds. The third-order valence-corrected chi connectivity index (χ3v) is 6.63. The Hall–Kier alpha value is -3.96. The number of ether oxygens (including phenoxy) is 2. The van der Waals surface area contributed by atoms with Crippen LogP contribution in [0.15, 0.2) is 36.4 Å². The van der Waals surface area contributed by atoms with Gasteiger partial charge in [-0.3, -0.25) is 0 Å². The number of halogens is 2. The van der Waals surface area contributed by atoms with Gasteiger partial charge in [-0.05, 0) is 41.6 Å². The molecule has 0 spiro atoms. The zero-order chi connectivity index (χ0) is 23.6. The topological polar surface area (TPSA) is 67.7 Å². The van der Waals surface area contributed by atoms with Crippen LogP contribution >= 0.6 is 0 Å². The number of nitrogens with zero attached hydrogens (tertiary/aromatic N) is 3. The van der Waals surface area contributed by atoms with Gasteiger partial charge in [-0.1, -0.05) is 18.1 Å². The summed E-state index contributed by atoms with van der Waals surface area (Å²) in [5, 5.41) is 11.7. The molecule has 0 saturated carbocycles. The average Bonchev–Trinajstić information content (AvgIpc) is 2.84. The number of phenols is 1. The minimum atomic E-state index is -0.638. The Bertz CT molecular complexity index is 1520. The number of fused-ring (bicyclic) bond motifs is 4. The molecule has 170 valence electrons. The molecule has 1 N–H and O–H groups in total. The zero-order valence-corrected chi connectivity index (χ0v) is 18.2. The lowest BCUT2D eigenvalue weighted by Crippen LogP contribution is -2.64. The Morgan fingerprint density at radius 1 is 1.12 bits per heavy atom. The molecule has 34 heavy (non-hydrogen) atoms. The first-order chi connectivity index (χ1) is 16.5. The molecule has 4 aromatic rings. The Balaban J connectivity index is 1.62. The van der Waals surface area contributed by atoms with Gasteiger partial charge in [0.1, 0.15) is 22.9 Å². The van der Waals surface area contributed by atoms with E-state index in [1.807, 2.05) is 0 Å². The summed E-state index contributed by atoms with van der Waals surface area (Å²) in [6.45, 7) is 1.17. The largest absolute Gasteiger partial charge is 0.508 e. The second kappa shape index (κ2) is 7.54. The molecule has 6 nitrogen and oxygen atoms in total. The molecule has 1 aromatic heterocycles. The number of aromatic nitrogens is 2. The molecule has 2 saturated heterocycles. The summed E-state index contributed by atoms with van der Waals surface area (Å²) in [5.41, 5.74) is 0.478. The maximum atomic E-state index is 16.1. The number of terminal acetylenes is 1. The molecule has 6 rings (SSSR count). The second-order valence-electron chi connectivity index (χ2n) is 8.50. The van der Waals surface area contributed by atoms with Crippen LogP contribution in [-0.2, 0) is 4.74 Å². The van der Waals surface area contributed by atoms with E-state index in [4.69, 9.17) is 15.9 Å². The highest BCUT2D eigenvalue weighted by Crippen LogP contribution is 2.42. The highest BCUT2D eigenvalue weighted by Gasteiger charge is 2.44. The predicted octanol–water partition coefficient (Wildman–Crippen LogP) is 4.40. The van der Waals surface area contributed by atoms with Gasteiger partial charge in [-0.15, -0.1) is 6.42 Å². The molecule has 2 aliphatic rings. The average molecular weight is 459 g/mol. The van der Waals surface area contributed by atoms with Gasteiger partial charge in [-0.2, -0.15) is 9.97 Å². The van der Waals surface area contributed by atoms with Crippen molar-refractivity contribution in [3.05, 3.63) is 53.6 Å². The lowest BCUT2D eigenvalue weighted by atomic mass is 9.90. The summed E-state index contributed by atoms with van der Waals surface area (Å²) < 4.78 is 41.5. The van der Waals surface area contributed by atoms with Crippen molar-refractivity contribution in [1.82, 2.24) is 9.97 Å².